The first-order chi connectivity index (χ1) is 11.7. The van der Waals surface area contributed by atoms with Gasteiger partial charge in [-0.1, -0.05) is 19.1 Å². The van der Waals surface area contributed by atoms with Crippen LogP contribution in [0.1, 0.15) is 18.1 Å². The molecule has 0 saturated heterocycles. The van der Waals surface area contributed by atoms with E-state index in [1.807, 2.05) is 30.3 Å². The first-order valence-corrected chi connectivity index (χ1v) is 8.20. The van der Waals surface area contributed by atoms with Crippen LogP contribution in [0.2, 0.25) is 0 Å². The second-order valence-corrected chi connectivity index (χ2v) is 5.68. The summed E-state index contributed by atoms with van der Waals surface area (Å²) in [4.78, 5) is 4.39. The zero-order valence-electron chi connectivity index (χ0n) is 14.1. The lowest BCUT2D eigenvalue weighted by Gasteiger charge is -2.13. The van der Waals surface area contributed by atoms with Gasteiger partial charge in [0.25, 0.3) is 0 Å². The fraction of sp³-hybridized carbons (Fsp3) is 0.250. The molecule has 0 radical (unpaired) electrons. The molecule has 124 valence electrons. The van der Waals surface area contributed by atoms with Gasteiger partial charge in [0.05, 0.1) is 5.52 Å². The Hall–Kier alpha value is -2.59. The molecule has 0 atom stereocenters. The summed E-state index contributed by atoms with van der Waals surface area (Å²) < 4.78 is 11.8. The molecule has 0 fully saturated rings. The van der Waals surface area contributed by atoms with Crippen LogP contribution in [-0.2, 0) is 6.42 Å². The Morgan fingerprint density at radius 3 is 2.67 bits per heavy atom. The van der Waals surface area contributed by atoms with Gasteiger partial charge in [-0.05, 0) is 54.8 Å². The monoisotopic (exact) mass is 322 g/mol. The van der Waals surface area contributed by atoms with Gasteiger partial charge in [-0.2, -0.15) is 0 Å². The van der Waals surface area contributed by atoms with Crippen LogP contribution in [0.25, 0.3) is 10.9 Å². The largest absolute Gasteiger partial charge is 0.492 e. The molecule has 0 aliphatic rings. The minimum atomic E-state index is 0.484. The molecule has 2 aromatic carbocycles. The lowest BCUT2D eigenvalue weighted by molar-refractivity contribution is 0.328. The fourth-order valence-corrected chi connectivity index (χ4v) is 2.62. The van der Waals surface area contributed by atoms with Crippen LogP contribution in [0.5, 0.6) is 17.2 Å². The number of aromatic nitrogens is 1. The first kappa shape index (κ1) is 16.3. The number of hydrogen-bond acceptors (Lipinski definition) is 4. The van der Waals surface area contributed by atoms with Gasteiger partial charge in [-0.15, -0.1) is 0 Å². The maximum Gasteiger partial charge on any atom is 0.138 e. The quantitative estimate of drug-likeness (QED) is 0.737. The Bertz CT molecular complexity index is 846. The predicted molar refractivity (Wildman–Crippen MR) is 96.9 cm³/mol. The van der Waals surface area contributed by atoms with Crippen LogP contribution in [-0.4, -0.2) is 18.1 Å². The molecule has 1 heterocycles. The summed E-state index contributed by atoms with van der Waals surface area (Å²) in [6.07, 6.45) is 2.77. The Balaban J connectivity index is 1.96. The van der Waals surface area contributed by atoms with Crippen molar-refractivity contribution in [2.24, 2.45) is 5.73 Å². The summed E-state index contributed by atoms with van der Waals surface area (Å²) in [5, 5.41) is 0.922. The summed E-state index contributed by atoms with van der Waals surface area (Å²) in [6.45, 7) is 5.18. The highest BCUT2D eigenvalue weighted by atomic mass is 16.5. The standard InChI is InChI=1S/C20H22N2O2/c1-3-15-4-7-19(14(2)12-15)24-20-8-10-22-18-6-5-16(13-17(18)20)23-11-9-21/h4-8,10,12-13H,3,9,11,21H2,1-2H3. The van der Waals surface area contributed by atoms with Gasteiger partial charge in [-0.3, -0.25) is 4.98 Å². The van der Waals surface area contributed by atoms with Gasteiger partial charge < -0.3 is 15.2 Å². The van der Waals surface area contributed by atoms with Crippen LogP contribution < -0.4 is 15.2 Å². The summed E-state index contributed by atoms with van der Waals surface area (Å²) in [6, 6.07) is 13.9. The van der Waals surface area contributed by atoms with E-state index in [0.717, 1.165) is 40.1 Å². The Morgan fingerprint density at radius 2 is 1.92 bits per heavy atom. The fourth-order valence-electron chi connectivity index (χ4n) is 2.62. The average molecular weight is 322 g/mol. The minimum absolute atomic E-state index is 0.484. The topological polar surface area (TPSA) is 57.4 Å². The number of aryl methyl sites for hydroxylation is 2. The van der Waals surface area contributed by atoms with Crippen LogP contribution in [0.4, 0.5) is 0 Å². The molecule has 3 rings (SSSR count). The number of nitrogens with zero attached hydrogens (tertiary/aromatic N) is 1. The van der Waals surface area contributed by atoms with Crippen molar-refractivity contribution in [2.75, 3.05) is 13.2 Å². The van der Waals surface area contributed by atoms with E-state index in [9.17, 15) is 0 Å². The molecule has 0 amide bonds. The van der Waals surface area contributed by atoms with E-state index in [-0.39, 0.29) is 0 Å². The second kappa shape index (κ2) is 7.32. The SMILES string of the molecule is CCc1ccc(Oc2ccnc3ccc(OCCN)cc23)c(C)c1. The Labute approximate surface area is 142 Å². The third kappa shape index (κ3) is 3.49. The van der Waals surface area contributed by atoms with Crippen molar-refractivity contribution in [2.45, 2.75) is 20.3 Å². The molecule has 0 spiro atoms. The Kier molecular flexibility index (Phi) is 4.96. The van der Waals surface area contributed by atoms with E-state index < -0.39 is 0 Å². The van der Waals surface area contributed by atoms with Crippen molar-refractivity contribution in [1.29, 1.82) is 0 Å². The van der Waals surface area contributed by atoms with Crippen molar-refractivity contribution in [1.82, 2.24) is 4.98 Å². The molecule has 24 heavy (non-hydrogen) atoms. The molecule has 3 aromatic rings. The number of benzene rings is 2. The number of nitrogens with two attached hydrogens (primary N) is 1. The molecule has 4 heteroatoms. The first-order valence-electron chi connectivity index (χ1n) is 8.20. The summed E-state index contributed by atoms with van der Waals surface area (Å²) in [5.41, 5.74) is 8.79. The maximum absolute atomic E-state index is 6.16. The van der Waals surface area contributed by atoms with Gasteiger partial charge in [0.2, 0.25) is 0 Å². The molecule has 4 nitrogen and oxygen atoms in total. The van der Waals surface area contributed by atoms with Crippen molar-refractivity contribution in [3.63, 3.8) is 0 Å². The number of pyridine rings is 1. The molecule has 0 bridgehead atoms. The highest BCUT2D eigenvalue weighted by molar-refractivity contribution is 5.86. The molecule has 1 aromatic heterocycles. The number of fused-ring (bicyclic) bond motifs is 1. The molecule has 0 aliphatic carbocycles. The summed E-state index contributed by atoms with van der Waals surface area (Å²) in [7, 11) is 0. The molecular weight excluding hydrogens is 300 g/mol. The summed E-state index contributed by atoms with van der Waals surface area (Å²) >= 11 is 0. The van der Waals surface area contributed by atoms with E-state index in [1.165, 1.54) is 5.56 Å². The normalized spacial score (nSPS) is 10.8. The van der Waals surface area contributed by atoms with Crippen LogP contribution in [0, 0.1) is 6.92 Å². The highest BCUT2D eigenvalue weighted by Gasteiger charge is 2.08. The highest BCUT2D eigenvalue weighted by Crippen LogP contribution is 2.33. The predicted octanol–water partition coefficient (Wildman–Crippen LogP) is 4.24. The zero-order valence-corrected chi connectivity index (χ0v) is 14.1. The van der Waals surface area contributed by atoms with Crippen molar-refractivity contribution in [3.8, 4) is 17.2 Å². The maximum atomic E-state index is 6.16. The number of ether oxygens (including phenoxy) is 2. The van der Waals surface area contributed by atoms with E-state index in [1.54, 1.807) is 6.20 Å². The van der Waals surface area contributed by atoms with Crippen LogP contribution in [0.3, 0.4) is 0 Å². The van der Waals surface area contributed by atoms with Gasteiger partial charge in [0.1, 0.15) is 23.9 Å². The van der Waals surface area contributed by atoms with Crippen molar-refractivity contribution in [3.05, 3.63) is 59.8 Å². The molecule has 2 N–H and O–H groups in total. The summed E-state index contributed by atoms with van der Waals surface area (Å²) in [5.74, 6) is 2.39. The zero-order chi connectivity index (χ0) is 16.9. The number of rotatable bonds is 6. The van der Waals surface area contributed by atoms with E-state index in [4.69, 9.17) is 15.2 Å². The number of hydrogen-bond donors (Lipinski definition) is 1. The van der Waals surface area contributed by atoms with E-state index in [2.05, 4.69) is 31.0 Å². The third-order valence-electron chi connectivity index (χ3n) is 3.93. The molecule has 0 saturated carbocycles. The molecule has 0 aliphatic heterocycles. The minimum Gasteiger partial charge on any atom is -0.492 e. The smallest absolute Gasteiger partial charge is 0.138 e. The van der Waals surface area contributed by atoms with Crippen LogP contribution >= 0.6 is 0 Å². The molecule has 0 unspecified atom stereocenters. The third-order valence-corrected chi connectivity index (χ3v) is 3.93. The van der Waals surface area contributed by atoms with Gasteiger partial charge in [0, 0.05) is 18.1 Å². The second-order valence-electron chi connectivity index (χ2n) is 5.68. The van der Waals surface area contributed by atoms with Crippen molar-refractivity contribution >= 4 is 10.9 Å². The molecular formula is C20H22N2O2. The lowest BCUT2D eigenvalue weighted by Crippen LogP contribution is -2.10. The lowest BCUT2D eigenvalue weighted by atomic mass is 10.1. The van der Waals surface area contributed by atoms with Gasteiger partial charge in [0.15, 0.2) is 0 Å². The average Bonchev–Trinajstić information content (AvgIpc) is 2.61. The van der Waals surface area contributed by atoms with E-state index in [0.29, 0.717) is 13.2 Å². The van der Waals surface area contributed by atoms with Crippen LogP contribution in [0.15, 0.2) is 48.7 Å². The Morgan fingerprint density at radius 1 is 1.04 bits per heavy atom. The van der Waals surface area contributed by atoms with Gasteiger partial charge >= 0.3 is 0 Å². The van der Waals surface area contributed by atoms with Crippen molar-refractivity contribution < 1.29 is 9.47 Å². The van der Waals surface area contributed by atoms with Gasteiger partial charge in [-0.25, -0.2) is 0 Å². The van der Waals surface area contributed by atoms with E-state index >= 15 is 0 Å².